The highest BCUT2D eigenvalue weighted by Gasteiger charge is 2.21. The molecule has 0 fully saturated rings. The van der Waals surface area contributed by atoms with Gasteiger partial charge < -0.3 is 11.1 Å². The van der Waals surface area contributed by atoms with Crippen molar-refractivity contribution < 1.29 is 9.59 Å². The van der Waals surface area contributed by atoms with Gasteiger partial charge in [0, 0.05) is 18.4 Å². The highest BCUT2D eigenvalue weighted by atomic mass is 16.2. The van der Waals surface area contributed by atoms with E-state index in [2.05, 4.69) is 5.32 Å². The van der Waals surface area contributed by atoms with Gasteiger partial charge in [0.1, 0.15) is 0 Å². The maximum atomic E-state index is 10.9. The van der Waals surface area contributed by atoms with Crippen LogP contribution < -0.4 is 11.1 Å². The number of hydrogen-bond acceptors (Lipinski definition) is 2. The van der Waals surface area contributed by atoms with Gasteiger partial charge in [-0.05, 0) is 13.8 Å². The molecule has 0 aromatic heterocycles. The summed E-state index contributed by atoms with van der Waals surface area (Å²) in [5.74, 6) is -0.474. The average molecular weight is 172 g/mol. The Hall–Kier alpha value is -1.06. The van der Waals surface area contributed by atoms with Crippen molar-refractivity contribution in [2.45, 2.75) is 39.2 Å². The standard InChI is InChI=1S/C8H16N2O2/c1-4-7(12)10-8(2,3)5-6(9)11/h4-5H2,1-3H3,(H2,9,11)(H,10,12). The van der Waals surface area contributed by atoms with Crippen LogP contribution in [0.2, 0.25) is 0 Å². The fraction of sp³-hybridized carbons (Fsp3) is 0.750. The second-order valence-corrected chi connectivity index (χ2v) is 3.43. The molecule has 2 amide bonds. The molecule has 4 nitrogen and oxygen atoms in total. The van der Waals surface area contributed by atoms with Crippen molar-refractivity contribution in [2.24, 2.45) is 5.73 Å². The van der Waals surface area contributed by atoms with E-state index in [1.807, 2.05) is 0 Å². The second kappa shape index (κ2) is 4.09. The molecule has 0 aromatic rings. The Morgan fingerprint density at radius 3 is 2.25 bits per heavy atom. The summed E-state index contributed by atoms with van der Waals surface area (Å²) in [4.78, 5) is 21.5. The smallest absolute Gasteiger partial charge is 0.220 e. The molecule has 4 heteroatoms. The summed E-state index contributed by atoms with van der Waals surface area (Å²) in [6, 6.07) is 0. The molecule has 0 saturated heterocycles. The molecule has 3 N–H and O–H groups in total. The zero-order valence-electron chi connectivity index (χ0n) is 7.81. The Labute approximate surface area is 72.5 Å². The van der Waals surface area contributed by atoms with E-state index < -0.39 is 11.4 Å². The normalized spacial score (nSPS) is 10.9. The van der Waals surface area contributed by atoms with Crippen LogP contribution in [0.1, 0.15) is 33.6 Å². The molecule has 0 bridgehead atoms. The predicted octanol–water partition coefficient (Wildman–Crippen LogP) is 0.167. The number of nitrogens with one attached hydrogen (secondary N) is 1. The molecule has 0 spiro atoms. The van der Waals surface area contributed by atoms with Gasteiger partial charge >= 0.3 is 0 Å². The van der Waals surface area contributed by atoms with Crippen molar-refractivity contribution in [3.8, 4) is 0 Å². The minimum atomic E-state index is -0.529. The summed E-state index contributed by atoms with van der Waals surface area (Å²) in [6.45, 7) is 5.30. The molecule has 0 aliphatic rings. The molecule has 0 rings (SSSR count). The van der Waals surface area contributed by atoms with E-state index in [-0.39, 0.29) is 12.3 Å². The van der Waals surface area contributed by atoms with Crippen LogP contribution in [0.25, 0.3) is 0 Å². The van der Waals surface area contributed by atoms with Gasteiger partial charge in [-0.2, -0.15) is 0 Å². The highest BCUT2D eigenvalue weighted by molar-refractivity contribution is 5.79. The molecule has 0 atom stereocenters. The molecule has 0 saturated carbocycles. The van der Waals surface area contributed by atoms with Crippen LogP contribution in [-0.4, -0.2) is 17.4 Å². The molecular formula is C8H16N2O2. The first-order valence-corrected chi connectivity index (χ1v) is 3.96. The second-order valence-electron chi connectivity index (χ2n) is 3.43. The lowest BCUT2D eigenvalue weighted by Crippen LogP contribution is -2.45. The molecule has 12 heavy (non-hydrogen) atoms. The minimum Gasteiger partial charge on any atom is -0.370 e. The largest absolute Gasteiger partial charge is 0.370 e. The number of carbonyl (C=O) groups excluding carboxylic acids is 2. The maximum Gasteiger partial charge on any atom is 0.220 e. The van der Waals surface area contributed by atoms with E-state index in [0.717, 1.165) is 0 Å². The van der Waals surface area contributed by atoms with Crippen molar-refractivity contribution in [1.29, 1.82) is 0 Å². The summed E-state index contributed by atoms with van der Waals surface area (Å²) >= 11 is 0. The van der Waals surface area contributed by atoms with E-state index in [1.54, 1.807) is 20.8 Å². The minimum absolute atomic E-state index is 0.0683. The van der Waals surface area contributed by atoms with Gasteiger partial charge in [-0.25, -0.2) is 0 Å². The van der Waals surface area contributed by atoms with E-state index in [4.69, 9.17) is 5.73 Å². The number of rotatable bonds is 4. The molecule has 0 aromatic carbocycles. The zero-order valence-corrected chi connectivity index (χ0v) is 7.81. The van der Waals surface area contributed by atoms with Crippen molar-refractivity contribution in [3.05, 3.63) is 0 Å². The van der Waals surface area contributed by atoms with E-state index in [1.165, 1.54) is 0 Å². The monoisotopic (exact) mass is 172 g/mol. The van der Waals surface area contributed by atoms with Gasteiger partial charge in [0.15, 0.2) is 0 Å². The molecule has 0 radical (unpaired) electrons. The first-order chi connectivity index (χ1) is 5.37. The van der Waals surface area contributed by atoms with Crippen LogP contribution in [0.5, 0.6) is 0 Å². The van der Waals surface area contributed by atoms with Gasteiger partial charge in [-0.3, -0.25) is 9.59 Å². The quantitative estimate of drug-likeness (QED) is 0.634. The van der Waals surface area contributed by atoms with Crippen LogP contribution >= 0.6 is 0 Å². The summed E-state index contributed by atoms with van der Waals surface area (Å²) in [5, 5.41) is 2.70. The summed E-state index contributed by atoms with van der Waals surface area (Å²) < 4.78 is 0. The number of primary amides is 1. The summed E-state index contributed by atoms with van der Waals surface area (Å²) in [7, 11) is 0. The van der Waals surface area contributed by atoms with E-state index in [9.17, 15) is 9.59 Å². The highest BCUT2D eigenvalue weighted by Crippen LogP contribution is 2.07. The number of carbonyl (C=O) groups is 2. The topological polar surface area (TPSA) is 72.2 Å². The number of amides is 2. The van der Waals surface area contributed by atoms with Crippen LogP contribution in [-0.2, 0) is 9.59 Å². The van der Waals surface area contributed by atoms with Gasteiger partial charge in [-0.15, -0.1) is 0 Å². The fourth-order valence-corrected chi connectivity index (χ4v) is 0.946. The first-order valence-electron chi connectivity index (χ1n) is 3.96. The maximum absolute atomic E-state index is 10.9. The molecule has 0 unspecified atom stereocenters. The average Bonchev–Trinajstić information content (AvgIpc) is 1.83. The number of nitrogens with two attached hydrogens (primary N) is 1. The molecule has 70 valence electrons. The van der Waals surface area contributed by atoms with Crippen molar-refractivity contribution in [3.63, 3.8) is 0 Å². The third kappa shape index (κ3) is 4.71. The Morgan fingerprint density at radius 2 is 1.92 bits per heavy atom. The van der Waals surface area contributed by atoms with Gasteiger partial charge in [0.05, 0.1) is 0 Å². The van der Waals surface area contributed by atoms with E-state index >= 15 is 0 Å². The van der Waals surface area contributed by atoms with Crippen LogP contribution in [0, 0.1) is 0 Å². The lowest BCUT2D eigenvalue weighted by Gasteiger charge is -2.24. The van der Waals surface area contributed by atoms with Crippen molar-refractivity contribution in [1.82, 2.24) is 5.32 Å². The van der Waals surface area contributed by atoms with Crippen molar-refractivity contribution >= 4 is 11.8 Å². The Balaban J connectivity index is 4.03. The van der Waals surface area contributed by atoms with Gasteiger partial charge in [0.2, 0.25) is 11.8 Å². The lowest BCUT2D eigenvalue weighted by molar-refractivity contribution is -0.123. The van der Waals surface area contributed by atoms with Gasteiger partial charge in [0.25, 0.3) is 0 Å². The molecular weight excluding hydrogens is 156 g/mol. The predicted molar refractivity (Wildman–Crippen MR) is 46.3 cm³/mol. The molecule has 0 aliphatic carbocycles. The van der Waals surface area contributed by atoms with E-state index in [0.29, 0.717) is 6.42 Å². The van der Waals surface area contributed by atoms with Crippen LogP contribution in [0.4, 0.5) is 0 Å². The molecule has 0 heterocycles. The summed E-state index contributed by atoms with van der Waals surface area (Å²) in [6.07, 6.45) is 0.584. The van der Waals surface area contributed by atoms with Crippen molar-refractivity contribution in [2.75, 3.05) is 0 Å². The van der Waals surface area contributed by atoms with Crippen LogP contribution in [0.3, 0.4) is 0 Å². The fourth-order valence-electron chi connectivity index (χ4n) is 0.946. The Morgan fingerprint density at radius 1 is 1.42 bits per heavy atom. The summed E-state index contributed by atoms with van der Waals surface area (Å²) in [5.41, 5.74) is 4.48. The number of hydrogen-bond donors (Lipinski definition) is 2. The SMILES string of the molecule is CCC(=O)NC(C)(C)CC(N)=O. The Kier molecular flexibility index (Phi) is 3.73. The third-order valence-corrected chi connectivity index (χ3v) is 1.42. The first kappa shape index (κ1) is 10.9. The van der Waals surface area contributed by atoms with Crippen LogP contribution in [0.15, 0.2) is 0 Å². The Bertz CT molecular complexity index is 187. The van der Waals surface area contributed by atoms with Gasteiger partial charge in [-0.1, -0.05) is 6.92 Å². The molecule has 0 aliphatic heterocycles. The third-order valence-electron chi connectivity index (χ3n) is 1.42. The lowest BCUT2D eigenvalue weighted by atomic mass is 10.0. The zero-order chi connectivity index (χ0) is 9.78.